The second kappa shape index (κ2) is 9.76. The van der Waals surface area contributed by atoms with Crippen molar-refractivity contribution in [1.82, 2.24) is 10.6 Å². The van der Waals surface area contributed by atoms with Crippen LogP contribution in [0, 0.1) is 23.2 Å². The van der Waals surface area contributed by atoms with E-state index >= 15 is 0 Å². The van der Waals surface area contributed by atoms with Crippen molar-refractivity contribution in [2.75, 3.05) is 12.4 Å². The van der Waals surface area contributed by atoms with Crippen molar-refractivity contribution in [3.05, 3.63) is 35.4 Å². The van der Waals surface area contributed by atoms with Crippen molar-refractivity contribution in [3.63, 3.8) is 0 Å². The molecule has 0 bridgehead atoms. The fourth-order valence-corrected chi connectivity index (χ4v) is 4.24. The van der Waals surface area contributed by atoms with Crippen LogP contribution < -0.4 is 16.0 Å². The summed E-state index contributed by atoms with van der Waals surface area (Å²) in [4.78, 5) is 25.8. The number of anilines is 1. The monoisotopic (exact) mass is 440 g/mol. The molecule has 0 spiro atoms. The minimum Gasteiger partial charge on any atom is -0.444 e. The standard InChI is InChI=1S/C25H36N4O3/c1-15(14-26)21(27-5)18-10-12-19(13-11-18)28-23(30)22(29-24(31)32-25(2,3)4)20(16-6-7-16)17-8-9-17/h10-14,16-17,20,22,26-27H,6-9H2,1-5H3,(H,28,30)(H,29,31)/b21-15-,26-14?/t22-/m0/s1. The molecule has 1 atom stereocenters. The number of hydrogen-bond acceptors (Lipinski definition) is 5. The summed E-state index contributed by atoms with van der Waals surface area (Å²) < 4.78 is 5.45. The van der Waals surface area contributed by atoms with Gasteiger partial charge in [-0.2, -0.15) is 0 Å². The minimum atomic E-state index is -0.622. The molecule has 0 aromatic heterocycles. The van der Waals surface area contributed by atoms with E-state index in [-0.39, 0.29) is 11.8 Å². The fraction of sp³-hybridized carbons (Fsp3) is 0.560. The average Bonchev–Trinajstić information content (AvgIpc) is 3.62. The SMILES string of the molecule is CN/C(=C(/C)C=N)c1ccc(NC(=O)[C@@H](NC(=O)OC(C)(C)C)C(C2CC2)C2CC2)cc1. The van der Waals surface area contributed by atoms with Crippen molar-refractivity contribution in [2.24, 2.45) is 17.8 Å². The first kappa shape index (κ1) is 23.8. The summed E-state index contributed by atoms with van der Waals surface area (Å²) in [6.07, 6.45) is 5.21. The van der Waals surface area contributed by atoms with E-state index in [0.29, 0.717) is 17.5 Å². The smallest absolute Gasteiger partial charge is 0.408 e. The zero-order chi connectivity index (χ0) is 23.5. The van der Waals surface area contributed by atoms with Crippen LogP contribution in [0.4, 0.5) is 10.5 Å². The predicted molar refractivity (Wildman–Crippen MR) is 128 cm³/mol. The average molecular weight is 441 g/mol. The Bertz CT molecular complexity index is 865. The minimum absolute atomic E-state index is 0.149. The van der Waals surface area contributed by atoms with Gasteiger partial charge in [0, 0.05) is 24.6 Å². The molecule has 1 aromatic rings. The number of alkyl carbamates (subject to hydrolysis) is 1. The highest BCUT2D eigenvalue weighted by Crippen LogP contribution is 2.50. The first-order valence-electron chi connectivity index (χ1n) is 11.4. The van der Waals surface area contributed by atoms with Gasteiger partial charge in [0.05, 0.1) is 0 Å². The molecule has 174 valence electrons. The summed E-state index contributed by atoms with van der Waals surface area (Å²) in [5, 5.41) is 16.5. The van der Waals surface area contributed by atoms with Gasteiger partial charge in [0.2, 0.25) is 5.91 Å². The Kier molecular flexibility index (Phi) is 7.26. The number of carbonyl (C=O) groups excluding carboxylic acids is 2. The van der Waals surface area contributed by atoms with E-state index in [1.807, 2.05) is 59.0 Å². The summed E-state index contributed by atoms with van der Waals surface area (Å²) in [5.74, 6) is 0.925. The van der Waals surface area contributed by atoms with Gasteiger partial charge >= 0.3 is 6.09 Å². The van der Waals surface area contributed by atoms with Gasteiger partial charge in [-0.1, -0.05) is 12.1 Å². The number of ether oxygens (including phenoxy) is 1. The van der Waals surface area contributed by atoms with E-state index < -0.39 is 17.7 Å². The lowest BCUT2D eigenvalue weighted by Crippen LogP contribution is -2.51. The molecule has 0 heterocycles. The lowest BCUT2D eigenvalue weighted by atomic mass is 9.88. The van der Waals surface area contributed by atoms with E-state index in [1.165, 1.54) is 6.21 Å². The highest BCUT2D eigenvalue weighted by Gasteiger charge is 2.48. The first-order chi connectivity index (χ1) is 15.1. The molecule has 32 heavy (non-hydrogen) atoms. The van der Waals surface area contributed by atoms with Crippen molar-refractivity contribution in [3.8, 4) is 0 Å². The lowest BCUT2D eigenvalue weighted by Gasteiger charge is -2.29. The van der Waals surface area contributed by atoms with Crippen molar-refractivity contribution < 1.29 is 14.3 Å². The molecule has 2 aliphatic carbocycles. The third kappa shape index (κ3) is 6.34. The molecule has 2 amide bonds. The fourth-order valence-electron chi connectivity index (χ4n) is 4.24. The number of carbonyl (C=O) groups is 2. The molecule has 2 fully saturated rings. The zero-order valence-electron chi connectivity index (χ0n) is 19.7. The van der Waals surface area contributed by atoms with Crippen LogP contribution in [0.15, 0.2) is 29.8 Å². The number of allylic oxidation sites excluding steroid dienone is 1. The van der Waals surface area contributed by atoms with Crippen LogP contribution in [-0.2, 0) is 9.53 Å². The molecule has 0 saturated heterocycles. The van der Waals surface area contributed by atoms with Crippen molar-refractivity contribution in [2.45, 2.75) is 65.0 Å². The number of benzene rings is 1. The normalized spacial score (nSPS) is 17.8. The number of hydrogen-bond donors (Lipinski definition) is 4. The van der Waals surface area contributed by atoms with Crippen molar-refractivity contribution in [1.29, 1.82) is 5.41 Å². The molecule has 0 aliphatic heterocycles. The molecule has 7 heteroatoms. The second-order valence-corrected chi connectivity index (χ2v) is 9.90. The molecular formula is C25H36N4O3. The lowest BCUT2D eigenvalue weighted by molar-refractivity contribution is -0.120. The number of amides is 2. The summed E-state index contributed by atoms with van der Waals surface area (Å²) in [6.45, 7) is 7.32. The van der Waals surface area contributed by atoms with Crippen LogP contribution >= 0.6 is 0 Å². The van der Waals surface area contributed by atoms with Gasteiger partial charge in [-0.25, -0.2) is 4.79 Å². The summed E-state index contributed by atoms with van der Waals surface area (Å²) in [7, 11) is 1.82. The summed E-state index contributed by atoms with van der Waals surface area (Å²) in [6, 6.07) is 6.89. The largest absolute Gasteiger partial charge is 0.444 e. The molecular weight excluding hydrogens is 404 g/mol. The van der Waals surface area contributed by atoms with Crippen LogP contribution in [0.3, 0.4) is 0 Å². The van der Waals surface area contributed by atoms with Crippen LogP contribution in [0.2, 0.25) is 0 Å². The third-order valence-corrected chi connectivity index (χ3v) is 5.97. The van der Waals surface area contributed by atoms with E-state index in [2.05, 4.69) is 16.0 Å². The molecule has 2 aliphatic rings. The predicted octanol–water partition coefficient (Wildman–Crippen LogP) is 4.55. The Morgan fingerprint density at radius 1 is 1.09 bits per heavy atom. The Balaban J connectivity index is 1.76. The molecule has 7 nitrogen and oxygen atoms in total. The van der Waals surface area contributed by atoms with Gasteiger partial charge in [-0.15, -0.1) is 0 Å². The molecule has 2 saturated carbocycles. The summed E-state index contributed by atoms with van der Waals surface area (Å²) >= 11 is 0. The molecule has 0 radical (unpaired) electrons. The third-order valence-electron chi connectivity index (χ3n) is 5.97. The highest BCUT2D eigenvalue weighted by atomic mass is 16.6. The number of nitrogens with one attached hydrogen (secondary N) is 4. The Morgan fingerprint density at radius 3 is 2.09 bits per heavy atom. The Labute approximate surface area is 190 Å². The molecule has 1 aromatic carbocycles. The number of rotatable bonds is 9. The maximum absolute atomic E-state index is 13.3. The molecule has 0 unspecified atom stereocenters. The molecule has 3 rings (SSSR count). The van der Waals surface area contributed by atoms with Crippen molar-refractivity contribution >= 4 is 29.6 Å². The first-order valence-corrected chi connectivity index (χ1v) is 11.4. The highest BCUT2D eigenvalue weighted by molar-refractivity contribution is 5.97. The Hall–Kier alpha value is -2.83. The van der Waals surface area contributed by atoms with Gasteiger partial charge in [0.15, 0.2) is 0 Å². The Morgan fingerprint density at radius 2 is 1.66 bits per heavy atom. The van der Waals surface area contributed by atoms with Gasteiger partial charge in [-0.3, -0.25) is 4.79 Å². The maximum Gasteiger partial charge on any atom is 0.408 e. The zero-order valence-corrected chi connectivity index (χ0v) is 19.7. The van der Waals surface area contributed by atoms with Gasteiger partial charge in [0.25, 0.3) is 0 Å². The van der Waals surface area contributed by atoms with E-state index in [1.54, 1.807) is 0 Å². The van der Waals surface area contributed by atoms with Crippen LogP contribution in [0.25, 0.3) is 5.70 Å². The van der Waals surface area contributed by atoms with Gasteiger partial charge < -0.3 is 26.1 Å². The van der Waals surface area contributed by atoms with Crippen LogP contribution in [-0.4, -0.2) is 36.9 Å². The van der Waals surface area contributed by atoms with E-state index in [9.17, 15) is 9.59 Å². The van der Waals surface area contributed by atoms with E-state index in [0.717, 1.165) is 42.5 Å². The maximum atomic E-state index is 13.3. The topological polar surface area (TPSA) is 103 Å². The van der Waals surface area contributed by atoms with Gasteiger partial charge in [0.1, 0.15) is 11.6 Å². The van der Waals surface area contributed by atoms with Crippen LogP contribution in [0.5, 0.6) is 0 Å². The van der Waals surface area contributed by atoms with E-state index in [4.69, 9.17) is 10.1 Å². The van der Waals surface area contributed by atoms with Gasteiger partial charge in [-0.05, 0) is 94.4 Å². The summed E-state index contributed by atoms with van der Waals surface area (Å²) in [5.41, 5.74) is 2.67. The quantitative estimate of drug-likeness (QED) is 0.423. The molecule has 4 N–H and O–H groups in total. The second-order valence-electron chi connectivity index (χ2n) is 9.90. The van der Waals surface area contributed by atoms with Crippen LogP contribution in [0.1, 0.15) is 58.9 Å².